The molecule has 1 N–H and O–H groups in total. The number of hydrogen-bond donors (Lipinski definition) is 1. The predicted molar refractivity (Wildman–Crippen MR) is 115 cm³/mol. The first-order valence-corrected chi connectivity index (χ1v) is 10.3. The van der Waals surface area contributed by atoms with Gasteiger partial charge in [-0.2, -0.15) is 0 Å². The zero-order valence-electron chi connectivity index (χ0n) is 16.2. The molecule has 9 heteroatoms. The van der Waals surface area contributed by atoms with Crippen LogP contribution in [0.3, 0.4) is 0 Å². The SMILES string of the molecule is CC1=C2CN(C(=O)c3ccc(Cl)c(F)c3Cl)CCN2C(c2ccc[nH]c2=O)=NCC1. The van der Waals surface area contributed by atoms with Gasteiger partial charge in [0.15, 0.2) is 5.82 Å². The van der Waals surface area contributed by atoms with Crippen LogP contribution in [0, 0.1) is 5.82 Å². The summed E-state index contributed by atoms with van der Waals surface area (Å²) in [6, 6.07) is 6.27. The number of aliphatic imine (C=N–C) groups is 1. The van der Waals surface area contributed by atoms with Crippen LogP contribution < -0.4 is 5.56 Å². The zero-order valence-corrected chi connectivity index (χ0v) is 17.7. The smallest absolute Gasteiger partial charge is 0.258 e. The van der Waals surface area contributed by atoms with Gasteiger partial charge >= 0.3 is 0 Å². The third-order valence-corrected chi connectivity index (χ3v) is 6.03. The molecule has 6 nitrogen and oxygen atoms in total. The Kier molecular flexibility index (Phi) is 5.66. The topological polar surface area (TPSA) is 68.8 Å². The molecule has 2 aromatic rings. The summed E-state index contributed by atoms with van der Waals surface area (Å²) >= 11 is 11.8. The van der Waals surface area contributed by atoms with Crippen molar-refractivity contribution in [1.29, 1.82) is 0 Å². The lowest BCUT2D eigenvalue weighted by Gasteiger charge is -2.39. The number of fused-ring (bicyclic) bond motifs is 1. The Bertz CT molecular complexity index is 1140. The molecule has 0 radical (unpaired) electrons. The fraction of sp³-hybridized carbons (Fsp3) is 0.286. The molecule has 0 saturated carbocycles. The van der Waals surface area contributed by atoms with Gasteiger partial charge in [0.05, 0.1) is 27.7 Å². The third-order valence-electron chi connectivity index (χ3n) is 5.37. The molecule has 0 aliphatic carbocycles. The van der Waals surface area contributed by atoms with E-state index in [0.717, 1.165) is 17.7 Å². The van der Waals surface area contributed by atoms with Crippen molar-refractivity contribution >= 4 is 34.9 Å². The molecule has 1 amide bonds. The highest BCUT2D eigenvalue weighted by Gasteiger charge is 2.32. The maximum atomic E-state index is 14.1. The van der Waals surface area contributed by atoms with Crippen molar-refractivity contribution in [3.05, 3.63) is 79.1 Å². The van der Waals surface area contributed by atoms with E-state index >= 15 is 0 Å². The lowest BCUT2D eigenvalue weighted by molar-refractivity contribution is 0.0726. The molecule has 1 aromatic heterocycles. The number of piperazine rings is 1. The number of hydrogen-bond acceptors (Lipinski definition) is 4. The number of nitrogens with one attached hydrogen (secondary N) is 1. The first kappa shape index (κ1) is 20.6. The molecular weight excluding hydrogens is 430 g/mol. The fourth-order valence-electron chi connectivity index (χ4n) is 3.72. The summed E-state index contributed by atoms with van der Waals surface area (Å²) in [6.45, 7) is 3.70. The molecule has 4 rings (SSSR count). The van der Waals surface area contributed by atoms with Gasteiger partial charge in [-0.1, -0.05) is 28.8 Å². The van der Waals surface area contributed by atoms with Crippen molar-refractivity contribution in [2.75, 3.05) is 26.2 Å². The van der Waals surface area contributed by atoms with Gasteiger partial charge in [0.25, 0.3) is 11.5 Å². The fourth-order valence-corrected chi connectivity index (χ4v) is 4.17. The monoisotopic (exact) mass is 448 g/mol. The Labute approximate surface area is 182 Å². The van der Waals surface area contributed by atoms with Gasteiger partial charge < -0.3 is 14.8 Å². The maximum absolute atomic E-state index is 14.1. The number of carbonyl (C=O) groups is 1. The van der Waals surface area contributed by atoms with Crippen LogP contribution in [-0.2, 0) is 0 Å². The average molecular weight is 449 g/mol. The number of aromatic nitrogens is 1. The predicted octanol–water partition coefficient (Wildman–Crippen LogP) is 3.70. The molecule has 1 aromatic carbocycles. The molecule has 0 atom stereocenters. The number of carbonyl (C=O) groups excluding carboxylic acids is 1. The molecular formula is C21H19Cl2FN4O2. The molecule has 3 heterocycles. The summed E-state index contributed by atoms with van der Waals surface area (Å²) in [6.07, 6.45) is 2.30. The van der Waals surface area contributed by atoms with Gasteiger partial charge in [0, 0.05) is 31.5 Å². The van der Waals surface area contributed by atoms with Crippen molar-refractivity contribution < 1.29 is 9.18 Å². The standard InChI is InChI=1S/C21H19Cl2FN4O2/c1-12-6-8-25-19(14-3-2-7-26-20(14)29)28-10-9-27(11-16(12)28)21(30)13-4-5-15(22)18(24)17(13)23/h2-5,7H,6,8-11H2,1H3,(H,26,29). The Morgan fingerprint density at radius 1 is 1.23 bits per heavy atom. The Hall–Kier alpha value is -2.64. The highest BCUT2D eigenvalue weighted by molar-refractivity contribution is 6.37. The minimum atomic E-state index is -0.801. The number of nitrogens with zero attached hydrogens (tertiary/aromatic N) is 3. The lowest BCUT2D eigenvalue weighted by atomic mass is 10.1. The van der Waals surface area contributed by atoms with Crippen LogP contribution in [-0.4, -0.2) is 52.7 Å². The summed E-state index contributed by atoms with van der Waals surface area (Å²) in [7, 11) is 0. The highest BCUT2D eigenvalue weighted by atomic mass is 35.5. The second kappa shape index (κ2) is 8.24. The van der Waals surface area contributed by atoms with Gasteiger partial charge in [0.2, 0.25) is 0 Å². The van der Waals surface area contributed by atoms with Crippen LogP contribution in [0.15, 0.2) is 51.5 Å². The minimum absolute atomic E-state index is 0.0762. The number of aromatic amines is 1. The number of halogens is 3. The van der Waals surface area contributed by atoms with Crippen molar-refractivity contribution in [2.45, 2.75) is 13.3 Å². The number of pyridine rings is 1. The van der Waals surface area contributed by atoms with Crippen LogP contribution in [0.2, 0.25) is 10.0 Å². The first-order valence-electron chi connectivity index (χ1n) is 9.50. The molecule has 1 fully saturated rings. The molecule has 0 spiro atoms. The van der Waals surface area contributed by atoms with E-state index in [1.807, 2.05) is 11.8 Å². The Balaban J connectivity index is 1.66. The Morgan fingerprint density at radius 3 is 2.80 bits per heavy atom. The van der Waals surface area contributed by atoms with Crippen LogP contribution >= 0.6 is 23.2 Å². The molecule has 30 heavy (non-hydrogen) atoms. The summed E-state index contributed by atoms with van der Waals surface area (Å²) in [5, 5.41) is -0.405. The van der Waals surface area contributed by atoms with Crippen LogP contribution in [0.5, 0.6) is 0 Å². The van der Waals surface area contributed by atoms with Gasteiger partial charge in [-0.05, 0) is 37.6 Å². The summed E-state index contributed by atoms with van der Waals surface area (Å²) in [4.78, 5) is 36.4. The van der Waals surface area contributed by atoms with E-state index in [1.165, 1.54) is 12.1 Å². The molecule has 1 saturated heterocycles. The van der Waals surface area contributed by atoms with Crippen molar-refractivity contribution in [3.8, 4) is 0 Å². The highest BCUT2D eigenvalue weighted by Crippen LogP contribution is 2.29. The van der Waals surface area contributed by atoms with Crippen LogP contribution in [0.4, 0.5) is 4.39 Å². The van der Waals surface area contributed by atoms with E-state index in [1.54, 1.807) is 23.2 Å². The number of rotatable bonds is 2. The first-order chi connectivity index (χ1) is 14.4. The third kappa shape index (κ3) is 3.63. The molecule has 156 valence electrons. The molecule has 0 bridgehead atoms. The van der Waals surface area contributed by atoms with E-state index < -0.39 is 5.82 Å². The van der Waals surface area contributed by atoms with Crippen LogP contribution in [0.1, 0.15) is 29.3 Å². The number of amidine groups is 1. The second-order valence-electron chi connectivity index (χ2n) is 7.20. The largest absolute Gasteiger partial charge is 0.331 e. The summed E-state index contributed by atoms with van der Waals surface area (Å²) in [5.74, 6) is -0.562. The van der Waals surface area contributed by atoms with Crippen LogP contribution in [0.25, 0.3) is 0 Å². The van der Waals surface area contributed by atoms with E-state index in [0.29, 0.717) is 37.6 Å². The van der Waals surface area contributed by atoms with Crippen molar-refractivity contribution in [2.24, 2.45) is 4.99 Å². The molecule has 2 aliphatic heterocycles. The summed E-state index contributed by atoms with van der Waals surface area (Å²) in [5.41, 5.74) is 2.36. The Morgan fingerprint density at radius 2 is 2.03 bits per heavy atom. The van der Waals surface area contributed by atoms with Crippen molar-refractivity contribution in [3.63, 3.8) is 0 Å². The van der Waals surface area contributed by atoms with E-state index in [4.69, 9.17) is 23.2 Å². The van der Waals surface area contributed by atoms with Gasteiger partial charge in [0.1, 0.15) is 5.84 Å². The molecule has 2 aliphatic rings. The number of amides is 1. The van der Waals surface area contributed by atoms with E-state index in [-0.39, 0.29) is 27.1 Å². The number of H-pyrrole nitrogens is 1. The number of benzene rings is 1. The maximum Gasteiger partial charge on any atom is 0.258 e. The lowest BCUT2D eigenvalue weighted by Crippen LogP contribution is -2.50. The molecule has 0 unspecified atom stereocenters. The average Bonchev–Trinajstić information content (AvgIpc) is 2.91. The minimum Gasteiger partial charge on any atom is -0.331 e. The van der Waals surface area contributed by atoms with Gasteiger partial charge in [-0.25, -0.2) is 4.39 Å². The van der Waals surface area contributed by atoms with Gasteiger partial charge in [-0.15, -0.1) is 0 Å². The van der Waals surface area contributed by atoms with E-state index in [9.17, 15) is 14.0 Å². The van der Waals surface area contributed by atoms with Gasteiger partial charge in [-0.3, -0.25) is 14.6 Å². The quantitative estimate of drug-likeness (QED) is 0.711. The summed E-state index contributed by atoms with van der Waals surface area (Å²) < 4.78 is 14.1. The van der Waals surface area contributed by atoms with E-state index in [2.05, 4.69) is 9.98 Å². The second-order valence-corrected chi connectivity index (χ2v) is 7.98. The normalized spacial score (nSPS) is 16.9. The van der Waals surface area contributed by atoms with Crippen molar-refractivity contribution in [1.82, 2.24) is 14.8 Å². The zero-order chi connectivity index (χ0) is 21.4.